The molecule has 66 valence electrons. The Hall–Kier alpha value is -0.200. The molecule has 0 amide bonds. The summed E-state index contributed by atoms with van der Waals surface area (Å²) in [7, 11) is 0. The molecular formula is C6H14N2O3. The van der Waals surface area contributed by atoms with Gasteiger partial charge in [0, 0.05) is 6.04 Å². The normalized spacial score (nSPS) is 52.6. The van der Waals surface area contributed by atoms with Crippen LogP contribution in [0.4, 0.5) is 0 Å². The van der Waals surface area contributed by atoms with E-state index in [1.165, 1.54) is 0 Å². The molecule has 11 heavy (non-hydrogen) atoms. The van der Waals surface area contributed by atoms with Crippen LogP contribution >= 0.6 is 0 Å². The van der Waals surface area contributed by atoms with E-state index in [4.69, 9.17) is 26.4 Å². The quantitative estimate of drug-likeness (QED) is 0.322. The smallest absolute Gasteiger partial charge is 0.182 e. The van der Waals surface area contributed by atoms with Crippen LogP contribution < -0.4 is 11.5 Å². The van der Waals surface area contributed by atoms with Crippen molar-refractivity contribution < 1.29 is 14.9 Å². The molecule has 0 aromatic rings. The van der Waals surface area contributed by atoms with Gasteiger partial charge in [-0.2, -0.15) is 0 Å². The lowest BCUT2D eigenvalue weighted by Gasteiger charge is -2.38. The van der Waals surface area contributed by atoms with Crippen LogP contribution in [0.5, 0.6) is 0 Å². The van der Waals surface area contributed by atoms with Crippen molar-refractivity contribution in [3.05, 3.63) is 0 Å². The second-order valence-corrected chi connectivity index (χ2v) is 2.88. The van der Waals surface area contributed by atoms with Gasteiger partial charge in [0.05, 0.1) is 12.1 Å². The molecule has 1 aliphatic heterocycles. The van der Waals surface area contributed by atoms with E-state index in [0.717, 1.165) is 0 Å². The fourth-order valence-corrected chi connectivity index (χ4v) is 1.12. The van der Waals surface area contributed by atoms with Gasteiger partial charge in [-0.15, -0.1) is 0 Å². The standard InChI is InChI=1S/C6H14N2O3/c1-2-3(7)4(8)5(9)6(10)11-2/h2-6,9-10H,7-8H2,1H3. The molecule has 0 aliphatic carbocycles. The molecule has 0 radical (unpaired) electrons. The largest absolute Gasteiger partial charge is 0.386 e. The van der Waals surface area contributed by atoms with Crippen LogP contribution in [0.25, 0.3) is 0 Å². The Kier molecular flexibility index (Phi) is 2.46. The van der Waals surface area contributed by atoms with Crippen molar-refractivity contribution in [1.82, 2.24) is 0 Å². The van der Waals surface area contributed by atoms with Gasteiger partial charge >= 0.3 is 0 Å². The average Bonchev–Trinajstić information content (AvgIpc) is 1.97. The Balaban J connectivity index is 2.63. The first kappa shape index (κ1) is 8.89. The predicted octanol–water partition coefficient (Wildman–Crippen LogP) is -2.26. The fraction of sp³-hybridized carbons (Fsp3) is 1.00. The van der Waals surface area contributed by atoms with Crippen LogP contribution in [0.1, 0.15) is 6.92 Å². The van der Waals surface area contributed by atoms with Crippen molar-refractivity contribution in [1.29, 1.82) is 0 Å². The molecule has 6 N–H and O–H groups in total. The van der Waals surface area contributed by atoms with Gasteiger partial charge in [0.1, 0.15) is 6.10 Å². The first-order chi connectivity index (χ1) is 5.04. The Bertz CT molecular complexity index is 130. The maximum Gasteiger partial charge on any atom is 0.182 e. The summed E-state index contributed by atoms with van der Waals surface area (Å²) in [5.74, 6) is 0. The first-order valence-corrected chi connectivity index (χ1v) is 3.57. The van der Waals surface area contributed by atoms with Crippen LogP contribution in [-0.4, -0.2) is 40.8 Å². The molecule has 5 heteroatoms. The molecule has 5 atom stereocenters. The topological polar surface area (TPSA) is 102 Å². The zero-order valence-electron chi connectivity index (χ0n) is 6.34. The van der Waals surface area contributed by atoms with Gasteiger partial charge in [0.25, 0.3) is 0 Å². The molecule has 5 unspecified atom stereocenters. The van der Waals surface area contributed by atoms with Crippen LogP contribution in [0.15, 0.2) is 0 Å². The fourth-order valence-electron chi connectivity index (χ4n) is 1.12. The highest BCUT2D eigenvalue weighted by Crippen LogP contribution is 2.15. The van der Waals surface area contributed by atoms with Gasteiger partial charge in [-0.1, -0.05) is 0 Å². The van der Waals surface area contributed by atoms with E-state index < -0.39 is 24.5 Å². The van der Waals surface area contributed by atoms with Crippen LogP contribution in [0, 0.1) is 0 Å². The highest BCUT2D eigenvalue weighted by molar-refractivity contribution is 4.92. The molecule has 0 saturated carbocycles. The van der Waals surface area contributed by atoms with Crippen molar-refractivity contribution in [2.24, 2.45) is 11.5 Å². The Morgan fingerprint density at radius 2 is 1.73 bits per heavy atom. The minimum atomic E-state index is -1.21. The molecule has 1 saturated heterocycles. The van der Waals surface area contributed by atoms with Crippen molar-refractivity contribution in [3.63, 3.8) is 0 Å². The molecule has 1 heterocycles. The summed E-state index contributed by atoms with van der Waals surface area (Å²) < 4.78 is 4.88. The average molecular weight is 162 g/mol. The second kappa shape index (κ2) is 3.04. The lowest BCUT2D eigenvalue weighted by atomic mass is 9.96. The molecule has 0 spiro atoms. The maximum absolute atomic E-state index is 9.15. The van der Waals surface area contributed by atoms with Gasteiger partial charge in [0.15, 0.2) is 6.29 Å². The SMILES string of the molecule is CC1OC(O)C(O)C(N)C1N. The summed E-state index contributed by atoms with van der Waals surface area (Å²) in [6.07, 6.45) is -2.61. The number of hydrogen-bond acceptors (Lipinski definition) is 5. The number of rotatable bonds is 0. The number of aliphatic hydroxyl groups excluding tert-OH is 2. The molecule has 1 fully saturated rings. The highest BCUT2D eigenvalue weighted by atomic mass is 16.6. The van der Waals surface area contributed by atoms with E-state index in [1.54, 1.807) is 6.92 Å². The van der Waals surface area contributed by atoms with E-state index in [9.17, 15) is 0 Å². The van der Waals surface area contributed by atoms with Gasteiger partial charge in [-0.05, 0) is 6.92 Å². The van der Waals surface area contributed by atoms with Crippen LogP contribution in [0.3, 0.4) is 0 Å². The Labute approximate surface area is 64.9 Å². The summed E-state index contributed by atoms with van der Waals surface area (Å²) in [5, 5.41) is 18.2. The number of ether oxygens (including phenoxy) is 1. The predicted molar refractivity (Wildman–Crippen MR) is 38.5 cm³/mol. The monoisotopic (exact) mass is 162 g/mol. The minimum absolute atomic E-state index is 0.316. The number of hydrogen-bond donors (Lipinski definition) is 4. The molecular weight excluding hydrogens is 148 g/mol. The van der Waals surface area contributed by atoms with Crippen molar-refractivity contribution >= 4 is 0 Å². The third-order valence-corrected chi connectivity index (χ3v) is 2.03. The lowest BCUT2D eigenvalue weighted by Crippen LogP contribution is -2.63. The highest BCUT2D eigenvalue weighted by Gasteiger charge is 2.38. The Morgan fingerprint density at radius 3 is 2.27 bits per heavy atom. The van der Waals surface area contributed by atoms with E-state index in [2.05, 4.69) is 0 Å². The Morgan fingerprint density at radius 1 is 1.18 bits per heavy atom. The molecule has 1 rings (SSSR count). The molecule has 0 aromatic heterocycles. The maximum atomic E-state index is 9.15. The van der Waals surface area contributed by atoms with E-state index >= 15 is 0 Å². The van der Waals surface area contributed by atoms with Crippen molar-refractivity contribution in [2.75, 3.05) is 0 Å². The van der Waals surface area contributed by atoms with Crippen molar-refractivity contribution in [2.45, 2.75) is 37.5 Å². The third kappa shape index (κ3) is 1.52. The van der Waals surface area contributed by atoms with E-state index in [0.29, 0.717) is 0 Å². The van der Waals surface area contributed by atoms with E-state index in [1.807, 2.05) is 0 Å². The zero-order chi connectivity index (χ0) is 8.59. The molecule has 5 nitrogen and oxygen atoms in total. The van der Waals surface area contributed by atoms with Gasteiger partial charge in [0.2, 0.25) is 0 Å². The van der Waals surface area contributed by atoms with Crippen molar-refractivity contribution in [3.8, 4) is 0 Å². The van der Waals surface area contributed by atoms with E-state index in [-0.39, 0.29) is 6.10 Å². The first-order valence-electron chi connectivity index (χ1n) is 3.57. The number of aliphatic hydroxyl groups is 2. The van der Waals surface area contributed by atoms with Gasteiger partial charge in [-0.25, -0.2) is 0 Å². The third-order valence-electron chi connectivity index (χ3n) is 2.03. The molecule has 1 aliphatic rings. The summed E-state index contributed by atoms with van der Waals surface area (Å²) in [6.45, 7) is 1.71. The summed E-state index contributed by atoms with van der Waals surface area (Å²) in [5.41, 5.74) is 11.0. The zero-order valence-corrected chi connectivity index (χ0v) is 6.34. The van der Waals surface area contributed by atoms with Crippen LogP contribution in [-0.2, 0) is 4.74 Å². The summed E-state index contributed by atoms with van der Waals surface area (Å²) >= 11 is 0. The second-order valence-electron chi connectivity index (χ2n) is 2.88. The van der Waals surface area contributed by atoms with Crippen LogP contribution in [0.2, 0.25) is 0 Å². The lowest BCUT2D eigenvalue weighted by molar-refractivity contribution is -0.222. The number of nitrogens with two attached hydrogens (primary N) is 2. The minimum Gasteiger partial charge on any atom is -0.386 e. The van der Waals surface area contributed by atoms with Gasteiger partial charge in [-0.3, -0.25) is 0 Å². The molecule has 0 bridgehead atoms. The summed E-state index contributed by atoms with van der Waals surface area (Å²) in [6, 6.07) is -1.04. The molecule has 0 aromatic carbocycles. The van der Waals surface area contributed by atoms with Gasteiger partial charge < -0.3 is 26.4 Å². The summed E-state index contributed by atoms with van der Waals surface area (Å²) in [4.78, 5) is 0.